The number of para-hydroxylation sites is 1. The van der Waals surface area contributed by atoms with Gasteiger partial charge in [0.2, 0.25) is 0 Å². The number of aromatic hydroxyl groups is 1. The summed E-state index contributed by atoms with van der Waals surface area (Å²) in [5.74, 6) is 0.274. The average Bonchev–Trinajstić information content (AvgIpc) is 2.46. The minimum Gasteiger partial charge on any atom is -0.508 e. The molecular weight excluding hydrogens is 238 g/mol. The number of rotatable bonds is 5. The third-order valence-electron chi connectivity index (χ3n) is 3.22. The standard InChI is InChI=1S/C16H19NO2/c1-12(16(19)13-7-3-2-4-8-13)17-11-14-9-5-6-10-15(14)18/h2-10,12,16-19H,11H2,1H3/t12-,16-/m0/s1. The molecule has 19 heavy (non-hydrogen) atoms. The zero-order valence-electron chi connectivity index (χ0n) is 11.0. The highest BCUT2D eigenvalue weighted by Crippen LogP contribution is 2.18. The minimum absolute atomic E-state index is 0.0954. The molecule has 3 N–H and O–H groups in total. The third-order valence-corrected chi connectivity index (χ3v) is 3.22. The quantitative estimate of drug-likeness (QED) is 0.771. The van der Waals surface area contributed by atoms with Crippen LogP contribution in [0.5, 0.6) is 5.75 Å². The number of hydrogen-bond donors (Lipinski definition) is 3. The Morgan fingerprint density at radius 3 is 2.32 bits per heavy atom. The predicted molar refractivity (Wildman–Crippen MR) is 75.8 cm³/mol. The Balaban J connectivity index is 1.95. The van der Waals surface area contributed by atoms with Crippen LogP contribution in [0, 0.1) is 0 Å². The number of hydrogen-bond acceptors (Lipinski definition) is 3. The summed E-state index contributed by atoms with van der Waals surface area (Å²) in [6.45, 7) is 2.45. The lowest BCUT2D eigenvalue weighted by atomic mass is 10.0. The number of aliphatic hydroxyl groups is 1. The van der Waals surface area contributed by atoms with E-state index >= 15 is 0 Å². The van der Waals surface area contributed by atoms with E-state index in [-0.39, 0.29) is 11.8 Å². The van der Waals surface area contributed by atoms with Gasteiger partial charge in [-0.15, -0.1) is 0 Å². The fourth-order valence-electron chi connectivity index (χ4n) is 1.98. The lowest BCUT2D eigenvalue weighted by molar-refractivity contribution is 0.135. The molecule has 3 nitrogen and oxygen atoms in total. The van der Waals surface area contributed by atoms with Gasteiger partial charge in [0.05, 0.1) is 6.10 Å². The highest BCUT2D eigenvalue weighted by molar-refractivity contribution is 5.31. The molecule has 0 bridgehead atoms. The van der Waals surface area contributed by atoms with E-state index in [9.17, 15) is 10.2 Å². The van der Waals surface area contributed by atoms with Crippen molar-refractivity contribution >= 4 is 0 Å². The molecule has 0 aliphatic carbocycles. The van der Waals surface area contributed by atoms with Crippen molar-refractivity contribution in [3.8, 4) is 5.75 Å². The first kappa shape index (κ1) is 13.6. The highest BCUT2D eigenvalue weighted by Gasteiger charge is 2.15. The second kappa shape index (κ2) is 6.36. The van der Waals surface area contributed by atoms with E-state index in [4.69, 9.17) is 0 Å². The molecule has 0 aromatic heterocycles. The summed E-state index contributed by atoms with van der Waals surface area (Å²) in [7, 11) is 0. The molecule has 0 heterocycles. The van der Waals surface area contributed by atoms with Crippen LogP contribution in [-0.4, -0.2) is 16.3 Å². The van der Waals surface area contributed by atoms with Gasteiger partial charge < -0.3 is 15.5 Å². The molecule has 3 heteroatoms. The van der Waals surface area contributed by atoms with E-state index in [2.05, 4.69) is 5.32 Å². The monoisotopic (exact) mass is 257 g/mol. The van der Waals surface area contributed by atoms with Crippen molar-refractivity contribution in [1.29, 1.82) is 0 Å². The van der Waals surface area contributed by atoms with Gasteiger partial charge in [0.25, 0.3) is 0 Å². The van der Waals surface area contributed by atoms with Gasteiger partial charge in [-0.05, 0) is 18.6 Å². The predicted octanol–water partition coefficient (Wildman–Crippen LogP) is 2.60. The summed E-state index contributed by atoms with van der Waals surface area (Å²) in [6.07, 6.45) is -0.563. The number of benzene rings is 2. The number of phenols is 1. The average molecular weight is 257 g/mol. The summed E-state index contributed by atoms with van der Waals surface area (Å²) in [5.41, 5.74) is 1.72. The molecule has 0 aliphatic rings. The summed E-state index contributed by atoms with van der Waals surface area (Å²) in [6, 6.07) is 16.7. The van der Waals surface area contributed by atoms with Crippen molar-refractivity contribution in [1.82, 2.24) is 5.32 Å². The van der Waals surface area contributed by atoms with Crippen LogP contribution in [0.3, 0.4) is 0 Å². The van der Waals surface area contributed by atoms with Crippen LogP contribution in [0.1, 0.15) is 24.2 Å². The summed E-state index contributed by atoms with van der Waals surface area (Å²) in [4.78, 5) is 0. The zero-order chi connectivity index (χ0) is 13.7. The Kier molecular flexibility index (Phi) is 4.55. The van der Waals surface area contributed by atoms with E-state index in [0.717, 1.165) is 11.1 Å². The fourth-order valence-corrected chi connectivity index (χ4v) is 1.98. The Bertz CT molecular complexity index is 513. The van der Waals surface area contributed by atoms with Gasteiger partial charge in [-0.2, -0.15) is 0 Å². The molecule has 0 amide bonds. The zero-order valence-corrected chi connectivity index (χ0v) is 11.0. The Morgan fingerprint density at radius 1 is 1.00 bits per heavy atom. The van der Waals surface area contributed by atoms with Crippen LogP contribution in [0.15, 0.2) is 54.6 Å². The summed E-state index contributed by atoms with van der Waals surface area (Å²) in [5, 5.41) is 23.1. The first-order valence-electron chi connectivity index (χ1n) is 6.41. The molecule has 2 atom stereocenters. The number of aliphatic hydroxyl groups excluding tert-OH is 1. The Morgan fingerprint density at radius 2 is 1.63 bits per heavy atom. The Labute approximate surface area is 113 Å². The molecule has 0 saturated carbocycles. The first-order valence-corrected chi connectivity index (χ1v) is 6.41. The molecule has 2 aromatic rings. The number of phenolic OH excluding ortho intramolecular Hbond substituents is 1. The molecule has 2 rings (SSSR count). The molecule has 0 radical (unpaired) electrons. The molecular formula is C16H19NO2. The van der Waals surface area contributed by atoms with E-state index in [1.807, 2.05) is 49.4 Å². The van der Waals surface area contributed by atoms with Gasteiger partial charge in [0, 0.05) is 18.2 Å². The second-order valence-corrected chi connectivity index (χ2v) is 4.65. The lowest BCUT2D eigenvalue weighted by Crippen LogP contribution is -2.31. The van der Waals surface area contributed by atoms with Crippen molar-refractivity contribution in [2.75, 3.05) is 0 Å². The van der Waals surface area contributed by atoms with Gasteiger partial charge in [0.15, 0.2) is 0 Å². The second-order valence-electron chi connectivity index (χ2n) is 4.65. The summed E-state index contributed by atoms with van der Waals surface area (Å²) >= 11 is 0. The van der Waals surface area contributed by atoms with Crippen LogP contribution in [0.25, 0.3) is 0 Å². The van der Waals surface area contributed by atoms with Gasteiger partial charge in [-0.3, -0.25) is 0 Å². The Hall–Kier alpha value is -1.84. The first-order chi connectivity index (χ1) is 9.18. The van der Waals surface area contributed by atoms with Gasteiger partial charge in [0.1, 0.15) is 5.75 Å². The van der Waals surface area contributed by atoms with Gasteiger partial charge >= 0.3 is 0 Å². The van der Waals surface area contributed by atoms with Crippen LogP contribution in [0.2, 0.25) is 0 Å². The summed E-state index contributed by atoms with van der Waals surface area (Å²) < 4.78 is 0. The van der Waals surface area contributed by atoms with Crippen LogP contribution in [-0.2, 0) is 6.54 Å². The third kappa shape index (κ3) is 3.56. The molecule has 0 fully saturated rings. The number of nitrogens with one attached hydrogen (secondary N) is 1. The fraction of sp³-hybridized carbons (Fsp3) is 0.250. The van der Waals surface area contributed by atoms with Crippen molar-refractivity contribution in [2.24, 2.45) is 0 Å². The van der Waals surface area contributed by atoms with E-state index < -0.39 is 6.10 Å². The van der Waals surface area contributed by atoms with Crippen molar-refractivity contribution in [3.05, 3.63) is 65.7 Å². The SMILES string of the molecule is C[C@H](NCc1ccccc1O)[C@H](O)c1ccccc1. The molecule has 100 valence electrons. The van der Waals surface area contributed by atoms with Gasteiger partial charge in [-0.25, -0.2) is 0 Å². The smallest absolute Gasteiger partial charge is 0.120 e. The highest BCUT2D eigenvalue weighted by atomic mass is 16.3. The maximum atomic E-state index is 10.2. The van der Waals surface area contributed by atoms with Crippen LogP contribution in [0.4, 0.5) is 0 Å². The molecule has 0 unspecified atom stereocenters. The largest absolute Gasteiger partial charge is 0.508 e. The van der Waals surface area contributed by atoms with E-state index in [1.54, 1.807) is 12.1 Å². The molecule has 0 saturated heterocycles. The van der Waals surface area contributed by atoms with Crippen LogP contribution >= 0.6 is 0 Å². The van der Waals surface area contributed by atoms with Gasteiger partial charge in [-0.1, -0.05) is 48.5 Å². The minimum atomic E-state index is -0.563. The molecule has 2 aromatic carbocycles. The maximum Gasteiger partial charge on any atom is 0.120 e. The maximum absolute atomic E-state index is 10.2. The van der Waals surface area contributed by atoms with E-state index in [0.29, 0.717) is 6.54 Å². The van der Waals surface area contributed by atoms with Crippen LogP contribution < -0.4 is 5.32 Å². The van der Waals surface area contributed by atoms with Crippen molar-refractivity contribution in [3.63, 3.8) is 0 Å². The normalized spacial score (nSPS) is 14.0. The van der Waals surface area contributed by atoms with E-state index in [1.165, 1.54) is 0 Å². The van der Waals surface area contributed by atoms with Crippen molar-refractivity contribution < 1.29 is 10.2 Å². The van der Waals surface area contributed by atoms with Crippen molar-refractivity contribution in [2.45, 2.75) is 25.6 Å². The molecule has 0 aliphatic heterocycles. The molecule has 0 spiro atoms. The lowest BCUT2D eigenvalue weighted by Gasteiger charge is -2.21. The topological polar surface area (TPSA) is 52.5 Å².